The molecule has 14 heteroatoms. The summed E-state index contributed by atoms with van der Waals surface area (Å²) in [5.41, 5.74) is -6.15. The van der Waals surface area contributed by atoms with E-state index in [1.54, 1.807) is 0 Å². The first-order valence-corrected chi connectivity index (χ1v) is 9.15. The standard InChI is InChI=1S/C15H15F6N3O4S/c1-22-8-9-23(11(12(25)28-2)10-6-4-3-5-7-10)13(22)24(14(16,17)18)29(26,27)15(19,20)21/h3-9,11,13H,1-2H3. The van der Waals surface area contributed by atoms with Crippen LogP contribution in [-0.4, -0.2) is 60.7 Å². The van der Waals surface area contributed by atoms with Gasteiger partial charge in [0.05, 0.1) is 7.11 Å². The molecule has 1 aliphatic heterocycles. The summed E-state index contributed by atoms with van der Waals surface area (Å²) in [5.74, 6) is -1.10. The molecular formula is C15H15F6N3O4S. The second-order valence-corrected chi connectivity index (χ2v) is 7.61. The van der Waals surface area contributed by atoms with Gasteiger partial charge < -0.3 is 14.5 Å². The van der Waals surface area contributed by atoms with E-state index in [-0.39, 0.29) is 5.56 Å². The van der Waals surface area contributed by atoms with Gasteiger partial charge in [0.25, 0.3) is 0 Å². The molecule has 0 spiro atoms. The molecule has 0 saturated heterocycles. The van der Waals surface area contributed by atoms with E-state index in [1.807, 2.05) is 0 Å². The number of hydrogen-bond acceptors (Lipinski definition) is 6. The van der Waals surface area contributed by atoms with Crippen LogP contribution in [0, 0.1) is 0 Å². The molecule has 0 saturated carbocycles. The molecule has 1 heterocycles. The van der Waals surface area contributed by atoms with Crippen molar-refractivity contribution in [2.45, 2.75) is 24.1 Å². The van der Waals surface area contributed by atoms with E-state index in [9.17, 15) is 39.6 Å². The fourth-order valence-corrected chi connectivity index (χ4v) is 3.73. The van der Waals surface area contributed by atoms with Crippen LogP contribution < -0.4 is 0 Å². The van der Waals surface area contributed by atoms with Gasteiger partial charge in [-0.1, -0.05) is 34.6 Å². The van der Waals surface area contributed by atoms with Crippen molar-refractivity contribution in [3.8, 4) is 0 Å². The normalized spacial score (nSPS) is 19.0. The molecular weight excluding hydrogens is 432 g/mol. The Morgan fingerprint density at radius 3 is 2.10 bits per heavy atom. The highest BCUT2D eigenvalue weighted by Gasteiger charge is 2.64. The molecule has 1 aromatic carbocycles. The Kier molecular flexibility index (Phi) is 6.09. The highest BCUT2D eigenvalue weighted by atomic mass is 32.2. The Hall–Kier alpha value is -2.48. The molecule has 162 valence electrons. The average molecular weight is 447 g/mol. The van der Waals surface area contributed by atoms with Crippen LogP contribution in [0.2, 0.25) is 0 Å². The van der Waals surface area contributed by atoms with Crippen molar-refractivity contribution in [2.24, 2.45) is 0 Å². The summed E-state index contributed by atoms with van der Waals surface area (Å²) < 4.78 is 106. The molecule has 0 bridgehead atoms. The lowest BCUT2D eigenvalue weighted by atomic mass is 10.1. The number of nitrogens with zero attached hydrogens (tertiary/aromatic N) is 3. The quantitative estimate of drug-likeness (QED) is 0.393. The lowest BCUT2D eigenvalue weighted by Crippen LogP contribution is -2.62. The van der Waals surface area contributed by atoms with Gasteiger partial charge in [-0.3, -0.25) is 0 Å². The molecule has 2 atom stereocenters. The van der Waals surface area contributed by atoms with Crippen molar-refractivity contribution < 1.29 is 44.3 Å². The van der Waals surface area contributed by atoms with Crippen molar-refractivity contribution in [1.82, 2.24) is 14.1 Å². The van der Waals surface area contributed by atoms with Gasteiger partial charge in [0.15, 0.2) is 12.3 Å². The van der Waals surface area contributed by atoms with Crippen LogP contribution in [0.15, 0.2) is 42.7 Å². The molecule has 1 aromatic rings. The molecule has 0 aromatic heterocycles. The number of carbonyl (C=O) groups is 1. The van der Waals surface area contributed by atoms with Gasteiger partial charge in [-0.2, -0.15) is 26.3 Å². The summed E-state index contributed by atoms with van der Waals surface area (Å²) in [5, 5.41) is 0. The van der Waals surface area contributed by atoms with E-state index in [1.165, 1.54) is 30.3 Å². The van der Waals surface area contributed by atoms with Gasteiger partial charge in [0, 0.05) is 19.4 Å². The van der Waals surface area contributed by atoms with Gasteiger partial charge >= 0.3 is 27.8 Å². The minimum atomic E-state index is -6.86. The van der Waals surface area contributed by atoms with Crippen LogP contribution in [-0.2, 0) is 19.6 Å². The van der Waals surface area contributed by atoms with Crippen molar-refractivity contribution in [3.05, 3.63) is 48.3 Å². The molecule has 0 N–H and O–H groups in total. The summed E-state index contributed by atoms with van der Waals surface area (Å²) in [6, 6.07) is 5.44. The van der Waals surface area contributed by atoms with Gasteiger partial charge in [0.1, 0.15) is 0 Å². The zero-order chi connectivity index (χ0) is 22.2. The summed E-state index contributed by atoms with van der Waals surface area (Å²) in [4.78, 5) is 13.4. The summed E-state index contributed by atoms with van der Waals surface area (Å²) >= 11 is 0. The zero-order valence-electron chi connectivity index (χ0n) is 14.8. The van der Waals surface area contributed by atoms with Crippen LogP contribution in [0.1, 0.15) is 11.6 Å². The predicted octanol–water partition coefficient (Wildman–Crippen LogP) is 2.57. The lowest BCUT2D eigenvalue weighted by molar-refractivity contribution is -0.251. The predicted molar refractivity (Wildman–Crippen MR) is 86.6 cm³/mol. The van der Waals surface area contributed by atoms with Crippen LogP contribution in [0.25, 0.3) is 0 Å². The second-order valence-electron chi connectivity index (χ2n) is 5.81. The fraction of sp³-hybridized carbons (Fsp3) is 0.400. The van der Waals surface area contributed by atoms with E-state index < -0.39 is 44.4 Å². The Labute approximate surface area is 161 Å². The fourth-order valence-electron chi connectivity index (χ4n) is 2.73. The highest BCUT2D eigenvalue weighted by Crippen LogP contribution is 2.41. The van der Waals surface area contributed by atoms with Crippen molar-refractivity contribution in [1.29, 1.82) is 0 Å². The van der Waals surface area contributed by atoms with Gasteiger partial charge in [-0.15, -0.1) is 0 Å². The zero-order valence-corrected chi connectivity index (χ0v) is 15.7. The number of alkyl halides is 6. The largest absolute Gasteiger partial charge is 0.512 e. The first-order chi connectivity index (χ1) is 13.2. The smallest absolute Gasteiger partial charge is 0.467 e. The highest BCUT2D eigenvalue weighted by molar-refractivity contribution is 7.90. The maximum absolute atomic E-state index is 13.5. The lowest BCUT2D eigenvalue weighted by Gasteiger charge is -2.41. The third-order valence-electron chi connectivity index (χ3n) is 3.95. The third-order valence-corrected chi connectivity index (χ3v) is 5.45. The van der Waals surface area contributed by atoms with Crippen LogP contribution in [0.3, 0.4) is 0 Å². The van der Waals surface area contributed by atoms with Gasteiger partial charge in [-0.25, -0.2) is 13.2 Å². The number of rotatable bonds is 5. The molecule has 0 aliphatic carbocycles. The Bertz CT molecular complexity index is 872. The van der Waals surface area contributed by atoms with Crippen molar-refractivity contribution in [2.75, 3.05) is 14.2 Å². The number of carbonyl (C=O) groups excluding carboxylic acids is 1. The number of ether oxygens (including phenoxy) is 1. The minimum Gasteiger partial charge on any atom is -0.467 e. The Balaban J connectivity index is 2.66. The van der Waals surface area contributed by atoms with E-state index in [0.29, 0.717) is 9.80 Å². The number of esters is 1. The molecule has 0 radical (unpaired) electrons. The Morgan fingerprint density at radius 2 is 1.66 bits per heavy atom. The van der Waals surface area contributed by atoms with Crippen LogP contribution in [0.4, 0.5) is 26.3 Å². The van der Waals surface area contributed by atoms with E-state index in [4.69, 9.17) is 0 Å². The first kappa shape index (κ1) is 22.8. The number of sulfonamides is 1. The van der Waals surface area contributed by atoms with E-state index in [2.05, 4.69) is 4.74 Å². The summed E-state index contributed by atoms with van der Waals surface area (Å²) in [7, 11) is -4.99. The maximum atomic E-state index is 13.5. The molecule has 0 fully saturated rings. The summed E-state index contributed by atoms with van der Waals surface area (Å²) in [6.07, 6.45) is -6.72. The number of benzene rings is 1. The SMILES string of the molecule is COC(=O)C(c1ccccc1)N1C=CN(C)C1N(C(F)(F)F)S(=O)(=O)C(F)(F)F. The topological polar surface area (TPSA) is 70.2 Å². The maximum Gasteiger partial charge on any atom is 0.512 e. The third kappa shape index (κ3) is 4.27. The molecule has 29 heavy (non-hydrogen) atoms. The Morgan fingerprint density at radius 1 is 1.10 bits per heavy atom. The summed E-state index contributed by atoms with van der Waals surface area (Å²) in [6.45, 7) is 0. The molecule has 2 rings (SSSR count). The van der Waals surface area contributed by atoms with Gasteiger partial charge in [0.2, 0.25) is 0 Å². The number of hydrogen-bond donors (Lipinski definition) is 0. The van der Waals surface area contributed by atoms with Gasteiger partial charge in [-0.05, 0) is 5.56 Å². The second kappa shape index (κ2) is 7.74. The average Bonchev–Trinajstić information content (AvgIpc) is 2.95. The van der Waals surface area contributed by atoms with Crippen molar-refractivity contribution in [3.63, 3.8) is 0 Å². The van der Waals surface area contributed by atoms with Crippen molar-refractivity contribution >= 4 is 16.0 Å². The minimum absolute atomic E-state index is 0.0795. The van der Waals surface area contributed by atoms with E-state index >= 15 is 0 Å². The number of methoxy groups -OCH3 is 1. The molecule has 1 aliphatic rings. The molecule has 0 amide bonds. The first-order valence-electron chi connectivity index (χ1n) is 7.71. The molecule has 2 unspecified atom stereocenters. The van der Waals surface area contributed by atoms with Crippen LogP contribution >= 0.6 is 0 Å². The number of halogens is 6. The molecule has 7 nitrogen and oxygen atoms in total. The van der Waals surface area contributed by atoms with Crippen LogP contribution in [0.5, 0.6) is 0 Å². The monoisotopic (exact) mass is 447 g/mol. The van der Waals surface area contributed by atoms with E-state index in [0.717, 1.165) is 26.6 Å².